The number of rotatable bonds is 7. The van der Waals surface area contributed by atoms with Crippen LogP contribution in [0.5, 0.6) is 11.5 Å². The Hall–Kier alpha value is -4.40. The Morgan fingerprint density at radius 2 is 2.00 bits per heavy atom. The van der Waals surface area contributed by atoms with Crippen LogP contribution in [0.1, 0.15) is 63.0 Å². The molecule has 1 N–H and O–H groups in total. The maximum absolute atomic E-state index is 13.7. The minimum Gasteiger partial charge on any atom is -0.494 e. The number of hydrogen-bond acceptors (Lipinski definition) is 6. The number of aromatic nitrogens is 3. The fourth-order valence-electron chi connectivity index (χ4n) is 6.26. The summed E-state index contributed by atoms with van der Waals surface area (Å²) in [6.45, 7) is 3.73. The number of fused-ring (bicyclic) bond motifs is 3. The molecule has 0 aliphatic carbocycles. The molecule has 4 aromatic rings. The van der Waals surface area contributed by atoms with E-state index < -0.39 is 11.9 Å². The highest BCUT2D eigenvalue weighted by atomic mass is 16.5. The molecule has 40 heavy (non-hydrogen) atoms. The number of aliphatic carboxylic acids is 1. The Balaban J connectivity index is 1.35. The first-order chi connectivity index (χ1) is 19.4. The van der Waals surface area contributed by atoms with Crippen molar-refractivity contribution in [1.29, 1.82) is 0 Å². The molecule has 2 aliphatic rings. The van der Waals surface area contributed by atoms with Crippen LogP contribution in [-0.2, 0) is 37.6 Å². The van der Waals surface area contributed by atoms with E-state index >= 15 is 0 Å². The SMILES string of the molecule is CCc1ccc(C(=O)N2CCc3c(cccc3C(CC(=O)O)c3cc(OC)c4c(c3)nnn4C)C2)c2c1OCC2. The highest BCUT2D eigenvalue weighted by Crippen LogP contribution is 2.39. The second kappa shape index (κ2) is 10.3. The lowest BCUT2D eigenvalue weighted by Crippen LogP contribution is -2.37. The van der Waals surface area contributed by atoms with E-state index in [9.17, 15) is 14.7 Å². The highest BCUT2D eigenvalue weighted by molar-refractivity contribution is 5.97. The maximum atomic E-state index is 13.7. The number of hydrogen-bond donors (Lipinski definition) is 1. The summed E-state index contributed by atoms with van der Waals surface area (Å²) in [6, 6.07) is 13.7. The summed E-state index contributed by atoms with van der Waals surface area (Å²) in [5.41, 5.74) is 8.19. The molecule has 0 spiro atoms. The fourth-order valence-corrected chi connectivity index (χ4v) is 6.26. The van der Waals surface area contributed by atoms with Crippen LogP contribution >= 0.6 is 0 Å². The summed E-state index contributed by atoms with van der Waals surface area (Å²) in [6.07, 6.45) is 2.17. The second-order valence-electron chi connectivity index (χ2n) is 10.4. The van der Waals surface area contributed by atoms with E-state index in [2.05, 4.69) is 17.2 Å². The molecule has 6 rings (SSSR count). The number of ether oxygens (including phenoxy) is 2. The summed E-state index contributed by atoms with van der Waals surface area (Å²) in [5.74, 6) is 0.194. The molecule has 0 radical (unpaired) electrons. The van der Waals surface area contributed by atoms with Gasteiger partial charge < -0.3 is 19.5 Å². The molecule has 1 aromatic heterocycles. The van der Waals surface area contributed by atoms with Crippen molar-refractivity contribution in [2.45, 2.75) is 45.1 Å². The van der Waals surface area contributed by atoms with E-state index in [-0.39, 0.29) is 12.3 Å². The van der Waals surface area contributed by atoms with Gasteiger partial charge in [-0.05, 0) is 58.9 Å². The zero-order chi connectivity index (χ0) is 28.0. The molecule has 206 valence electrons. The van der Waals surface area contributed by atoms with Gasteiger partial charge in [0.2, 0.25) is 0 Å². The van der Waals surface area contributed by atoms with E-state index in [4.69, 9.17) is 9.47 Å². The van der Waals surface area contributed by atoms with Gasteiger partial charge in [0.1, 0.15) is 22.5 Å². The van der Waals surface area contributed by atoms with Crippen LogP contribution < -0.4 is 9.47 Å². The summed E-state index contributed by atoms with van der Waals surface area (Å²) < 4.78 is 13.2. The van der Waals surface area contributed by atoms with Gasteiger partial charge in [-0.25, -0.2) is 4.68 Å². The van der Waals surface area contributed by atoms with Gasteiger partial charge in [-0.2, -0.15) is 0 Å². The Labute approximate surface area is 232 Å². The highest BCUT2D eigenvalue weighted by Gasteiger charge is 2.31. The molecule has 3 aromatic carbocycles. The van der Waals surface area contributed by atoms with Crippen LogP contribution in [0.3, 0.4) is 0 Å². The third-order valence-corrected chi connectivity index (χ3v) is 8.21. The van der Waals surface area contributed by atoms with Crippen LogP contribution in [0.25, 0.3) is 11.0 Å². The number of carbonyl (C=O) groups excluding carboxylic acids is 1. The summed E-state index contributed by atoms with van der Waals surface area (Å²) >= 11 is 0. The average Bonchev–Trinajstić information content (AvgIpc) is 3.61. The predicted molar refractivity (Wildman–Crippen MR) is 149 cm³/mol. The quantitative estimate of drug-likeness (QED) is 0.373. The first kappa shape index (κ1) is 25.9. The maximum Gasteiger partial charge on any atom is 0.304 e. The van der Waals surface area contributed by atoms with Crippen molar-refractivity contribution in [3.8, 4) is 11.5 Å². The summed E-state index contributed by atoms with van der Waals surface area (Å²) in [5, 5.41) is 18.3. The number of carbonyl (C=O) groups is 2. The van der Waals surface area contributed by atoms with E-state index in [0.717, 1.165) is 63.1 Å². The summed E-state index contributed by atoms with van der Waals surface area (Å²) in [7, 11) is 3.39. The molecular weight excluding hydrogens is 508 g/mol. The number of amides is 1. The number of carboxylic acids is 1. The van der Waals surface area contributed by atoms with Crippen molar-refractivity contribution in [3.05, 3.63) is 81.4 Å². The van der Waals surface area contributed by atoms with Crippen molar-refractivity contribution in [1.82, 2.24) is 19.9 Å². The molecule has 2 aliphatic heterocycles. The van der Waals surface area contributed by atoms with Gasteiger partial charge in [-0.1, -0.05) is 36.4 Å². The summed E-state index contributed by atoms with van der Waals surface area (Å²) in [4.78, 5) is 27.7. The number of methoxy groups -OCH3 is 1. The van der Waals surface area contributed by atoms with Gasteiger partial charge in [0, 0.05) is 43.6 Å². The number of carboxylic acid groups (broad SMARTS) is 1. The van der Waals surface area contributed by atoms with Gasteiger partial charge in [0.25, 0.3) is 5.91 Å². The van der Waals surface area contributed by atoms with Crippen LogP contribution in [0.2, 0.25) is 0 Å². The van der Waals surface area contributed by atoms with Crippen LogP contribution in [0, 0.1) is 0 Å². The van der Waals surface area contributed by atoms with E-state index in [0.29, 0.717) is 37.4 Å². The van der Waals surface area contributed by atoms with Crippen molar-refractivity contribution >= 4 is 22.9 Å². The lowest BCUT2D eigenvalue weighted by molar-refractivity contribution is -0.137. The Morgan fingerprint density at radius 3 is 2.77 bits per heavy atom. The minimum atomic E-state index is -0.889. The van der Waals surface area contributed by atoms with E-state index in [1.54, 1.807) is 18.8 Å². The fraction of sp³-hybridized carbons (Fsp3) is 0.355. The number of aryl methyl sites for hydroxylation is 2. The van der Waals surface area contributed by atoms with Crippen LogP contribution in [0.15, 0.2) is 42.5 Å². The molecule has 0 fully saturated rings. The van der Waals surface area contributed by atoms with Crippen LogP contribution in [0.4, 0.5) is 0 Å². The molecule has 1 unspecified atom stereocenters. The normalized spacial score (nSPS) is 14.9. The molecule has 1 atom stereocenters. The first-order valence-corrected chi connectivity index (χ1v) is 13.7. The van der Waals surface area contributed by atoms with Crippen molar-refractivity contribution in [3.63, 3.8) is 0 Å². The zero-order valence-corrected chi connectivity index (χ0v) is 22.9. The number of benzene rings is 3. The Morgan fingerprint density at radius 1 is 1.15 bits per heavy atom. The van der Waals surface area contributed by atoms with Gasteiger partial charge in [-0.3, -0.25) is 9.59 Å². The number of nitrogens with zero attached hydrogens (tertiary/aromatic N) is 4. The van der Waals surface area contributed by atoms with Crippen LogP contribution in [-0.4, -0.2) is 57.1 Å². The lowest BCUT2D eigenvalue weighted by Gasteiger charge is -2.32. The van der Waals surface area contributed by atoms with Gasteiger partial charge in [-0.15, -0.1) is 5.10 Å². The third kappa shape index (κ3) is 4.35. The molecule has 9 nitrogen and oxygen atoms in total. The average molecular weight is 541 g/mol. The van der Waals surface area contributed by atoms with Crippen molar-refractivity contribution < 1.29 is 24.2 Å². The molecule has 3 heterocycles. The molecule has 0 saturated carbocycles. The molecule has 1 amide bonds. The molecular formula is C31H32N4O5. The Kier molecular flexibility index (Phi) is 6.65. The van der Waals surface area contributed by atoms with Crippen molar-refractivity contribution in [2.75, 3.05) is 20.3 Å². The molecule has 0 saturated heterocycles. The van der Waals surface area contributed by atoms with Gasteiger partial charge in [0.05, 0.1) is 20.1 Å². The van der Waals surface area contributed by atoms with Gasteiger partial charge >= 0.3 is 5.97 Å². The van der Waals surface area contributed by atoms with Crippen molar-refractivity contribution in [2.24, 2.45) is 7.05 Å². The zero-order valence-electron chi connectivity index (χ0n) is 22.9. The standard InChI is InChI=1S/C31H32N4O5/c1-4-18-8-9-24(23-11-13-40-30(18)23)31(38)35-12-10-21-19(17-35)6-5-7-22(21)25(16-28(36)37)20-14-26-29(27(15-20)39-3)34(2)33-32-26/h5-9,14-15,25H,4,10-13,16-17H2,1-3H3,(H,36,37). The van der Waals surface area contributed by atoms with Gasteiger partial charge in [0.15, 0.2) is 0 Å². The van der Waals surface area contributed by atoms with E-state index in [1.807, 2.05) is 47.4 Å². The molecule has 9 heteroatoms. The monoisotopic (exact) mass is 540 g/mol. The second-order valence-corrected chi connectivity index (χ2v) is 10.4. The lowest BCUT2D eigenvalue weighted by atomic mass is 9.82. The minimum absolute atomic E-state index is 0.0142. The molecule has 0 bridgehead atoms. The van der Waals surface area contributed by atoms with E-state index in [1.165, 1.54) is 0 Å². The Bertz CT molecular complexity index is 1640. The first-order valence-electron chi connectivity index (χ1n) is 13.7. The largest absolute Gasteiger partial charge is 0.494 e. The third-order valence-electron chi connectivity index (χ3n) is 8.21. The smallest absolute Gasteiger partial charge is 0.304 e. The predicted octanol–water partition coefficient (Wildman–Crippen LogP) is 4.28. The topological polar surface area (TPSA) is 107 Å².